The summed E-state index contributed by atoms with van der Waals surface area (Å²) in [5.74, 6) is -0.333. The van der Waals surface area contributed by atoms with Crippen LogP contribution in [0.1, 0.15) is 22.5 Å². The number of thioether (sulfide) groups is 1. The molecule has 180 valence electrons. The van der Waals surface area contributed by atoms with Gasteiger partial charge < -0.3 is 14.6 Å². The summed E-state index contributed by atoms with van der Waals surface area (Å²) >= 11 is 6.21. The van der Waals surface area contributed by atoms with Crippen molar-refractivity contribution >= 4 is 46.0 Å². The number of nitrogens with zero attached hydrogens (tertiary/aromatic N) is 2. The lowest BCUT2D eigenvalue weighted by molar-refractivity contribution is -0.385. The molecule has 4 rings (SSSR count). The molecule has 2 aromatic carbocycles. The number of benzene rings is 2. The fourth-order valence-corrected chi connectivity index (χ4v) is 4.64. The number of nitro benzene ring substituents is 1. The molecular weight excluding hydrogens is 503 g/mol. The Bertz CT molecular complexity index is 1400. The number of aromatic nitrogens is 1. The maximum absolute atomic E-state index is 12.9. The van der Waals surface area contributed by atoms with Crippen molar-refractivity contribution in [3.8, 4) is 17.2 Å². The highest BCUT2D eigenvalue weighted by molar-refractivity contribution is 8.26. The molecule has 3 aromatic rings. The van der Waals surface area contributed by atoms with Crippen LogP contribution in [0.2, 0.25) is 0 Å². The van der Waals surface area contributed by atoms with Gasteiger partial charge in [-0.25, -0.2) is 0 Å². The summed E-state index contributed by atoms with van der Waals surface area (Å²) in [6, 6.07) is 10.6. The number of carbonyl (C=O) groups is 1. The fourth-order valence-electron chi connectivity index (χ4n) is 3.61. The van der Waals surface area contributed by atoms with Gasteiger partial charge in [0, 0.05) is 23.1 Å². The molecule has 1 fully saturated rings. The van der Waals surface area contributed by atoms with Crippen molar-refractivity contribution in [1.82, 2.24) is 9.88 Å². The second-order valence-electron chi connectivity index (χ2n) is 7.55. The molecule has 0 atom stereocenters. The summed E-state index contributed by atoms with van der Waals surface area (Å²) in [7, 11) is 0. The van der Waals surface area contributed by atoms with Gasteiger partial charge in [0.05, 0.1) is 15.4 Å². The number of aryl methyl sites for hydroxylation is 1. The van der Waals surface area contributed by atoms with Gasteiger partial charge in [-0.15, -0.1) is 0 Å². The van der Waals surface area contributed by atoms with Crippen molar-refractivity contribution < 1.29 is 27.6 Å². The number of halogens is 3. The van der Waals surface area contributed by atoms with Crippen LogP contribution in [-0.2, 0) is 11.0 Å². The van der Waals surface area contributed by atoms with E-state index in [0.29, 0.717) is 15.3 Å². The van der Waals surface area contributed by atoms with Crippen molar-refractivity contribution in [1.29, 1.82) is 0 Å². The average Bonchev–Trinajstić information content (AvgIpc) is 3.24. The summed E-state index contributed by atoms with van der Waals surface area (Å²) in [6.45, 7) is 3.79. The Morgan fingerprint density at radius 3 is 2.40 bits per heavy atom. The van der Waals surface area contributed by atoms with E-state index < -0.39 is 22.4 Å². The number of carbonyl (C=O) groups excluding carboxylic acids is 1. The molecule has 1 N–H and O–H groups in total. The molecule has 0 saturated carbocycles. The van der Waals surface area contributed by atoms with Crippen LogP contribution in [0.3, 0.4) is 0 Å². The molecule has 2 heterocycles. The zero-order valence-corrected chi connectivity index (χ0v) is 19.8. The molecule has 1 aromatic heterocycles. The maximum atomic E-state index is 12.9. The number of alkyl halides is 3. The Morgan fingerprint density at radius 2 is 1.83 bits per heavy atom. The molecule has 0 radical (unpaired) electrons. The third-order valence-electron chi connectivity index (χ3n) is 5.20. The number of rotatable bonds is 5. The van der Waals surface area contributed by atoms with Gasteiger partial charge in [-0.3, -0.25) is 14.9 Å². The molecule has 1 amide bonds. The minimum atomic E-state index is -4.71. The highest BCUT2D eigenvalue weighted by atomic mass is 32.2. The van der Waals surface area contributed by atoms with Crippen molar-refractivity contribution in [2.24, 2.45) is 0 Å². The van der Waals surface area contributed by atoms with Gasteiger partial charge in [-0.1, -0.05) is 24.0 Å². The van der Waals surface area contributed by atoms with Crippen LogP contribution in [0.25, 0.3) is 11.8 Å². The summed E-state index contributed by atoms with van der Waals surface area (Å²) in [6.07, 6.45) is -2.95. The van der Waals surface area contributed by atoms with E-state index in [4.69, 9.17) is 17.0 Å². The van der Waals surface area contributed by atoms with E-state index in [1.54, 1.807) is 30.3 Å². The predicted molar refractivity (Wildman–Crippen MR) is 130 cm³/mol. The number of nitro groups is 1. The van der Waals surface area contributed by atoms with Crippen LogP contribution < -0.4 is 10.1 Å². The van der Waals surface area contributed by atoms with Gasteiger partial charge in [0.15, 0.2) is 0 Å². The highest BCUT2D eigenvalue weighted by Gasteiger charge is 2.33. The van der Waals surface area contributed by atoms with Crippen molar-refractivity contribution in [2.75, 3.05) is 0 Å². The zero-order chi connectivity index (χ0) is 25.5. The second-order valence-corrected chi connectivity index (χ2v) is 9.27. The lowest BCUT2D eigenvalue weighted by Crippen LogP contribution is -2.17. The van der Waals surface area contributed by atoms with Crippen molar-refractivity contribution in [2.45, 2.75) is 20.0 Å². The minimum absolute atomic E-state index is 0.217. The molecule has 0 aliphatic carbocycles. The molecule has 1 aliphatic heterocycles. The largest absolute Gasteiger partial charge is 0.450 e. The van der Waals surface area contributed by atoms with Crippen LogP contribution in [0.15, 0.2) is 53.4 Å². The maximum Gasteiger partial charge on any atom is 0.416 e. The Balaban J connectivity index is 1.61. The number of thiocarbonyl (C=S) groups is 1. The Morgan fingerprint density at radius 1 is 1.14 bits per heavy atom. The highest BCUT2D eigenvalue weighted by Crippen LogP contribution is 2.38. The van der Waals surface area contributed by atoms with Gasteiger partial charge in [0.2, 0.25) is 5.75 Å². The van der Waals surface area contributed by atoms with Crippen LogP contribution in [-0.4, -0.2) is 19.7 Å². The predicted octanol–water partition coefficient (Wildman–Crippen LogP) is 6.30. The molecule has 0 unspecified atom stereocenters. The first kappa shape index (κ1) is 24.5. The standard InChI is InChI=1S/C23H16F3N3O4S2/c1-12-9-14(10-20-21(30)27-22(34)35-20)13(2)28(12)16-4-6-17(7-5-16)33-19-8-3-15(23(24,25)26)11-18(19)29(31)32/h3-11H,1-2H3,(H,27,30,34)/b20-10-. The monoisotopic (exact) mass is 519 g/mol. The van der Waals surface area contributed by atoms with Crippen molar-refractivity contribution in [3.05, 3.63) is 86.1 Å². The van der Waals surface area contributed by atoms with Crippen LogP contribution >= 0.6 is 24.0 Å². The second kappa shape index (κ2) is 9.19. The van der Waals surface area contributed by atoms with Crippen LogP contribution in [0.4, 0.5) is 18.9 Å². The summed E-state index contributed by atoms with van der Waals surface area (Å²) in [5.41, 5.74) is 1.45. The Labute approximate surface area is 206 Å². The molecule has 0 spiro atoms. The molecule has 12 heteroatoms. The van der Waals surface area contributed by atoms with Gasteiger partial charge >= 0.3 is 11.9 Å². The lowest BCUT2D eigenvalue weighted by Gasteiger charge is -2.12. The number of nitrogens with one attached hydrogen (secondary N) is 1. The van der Waals surface area contributed by atoms with E-state index >= 15 is 0 Å². The lowest BCUT2D eigenvalue weighted by atomic mass is 10.2. The first-order valence-electron chi connectivity index (χ1n) is 10.0. The average molecular weight is 520 g/mol. The first-order valence-corrected chi connectivity index (χ1v) is 11.2. The molecule has 35 heavy (non-hydrogen) atoms. The summed E-state index contributed by atoms with van der Waals surface area (Å²) in [4.78, 5) is 22.8. The third kappa shape index (κ3) is 5.08. The summed E-state index contributed by atoms with van der Waals surface area (Å²) in [5, 5.41) is 13.9. The number of hydrogen-bond donors (Lipinski definition) is 1. The molecule has 7 nitrogen and oxygen atoms in total. The zero-order valence-electron chi connectivity index (χ0n) is 18.2. The van der Waals surface area contributed by atoms with Gasteiger partial charge in [0.1, 0.15) is 10.1 Å². The SMILES string of the molecule is Cc1cc(/C=C2\SC(=S)NC2=O)c(C)n1-c1ccc(Oc2ccc(C(F)(F)F)cc2[N+](=O)[O-])cc1. The van der Waals surface area contributed by atoms with Crippen LogP contribution in [0.5, 0.6) is 11.5 Å². The molecule has 1 saturated heterocycles. The third-order valence-corrected chi connectivity index (χ3v) is 6.37. The van der Waals surface area contributed by atoms with E-state index in [2.05, 4.69) is 5.32 Å². The molecule has 0 bridgehead atoms. The van der Waals surface area contributed by atoms with E-state index in [-0.39, 0.29) is 17.4 Å². The normalized spacial score (nSPS) is 14.9. The van der Waals surface area contributed by atoms with E-state index in [0.717, 1.165) is 34.8 Å². The Kier molecular flexibility index (Phi) is 6.43. The molecule has 1 aliphatic rings. The van der Waals surface area contributed by atoms with E-state index in [1.807, 2.05) is 24.5 Å². The smallest absolute Gasteiger partial charge is 0.416 e. The van der Waals surface area contributed by atoms with E-state index in [1.165, 1.54) is 11.8 Å². The fraction of sp³-hybridized carbons (Fsp3) is 0.130. The van der Waals surface area contributed by atoms with Crippen LogP contribution in [0, 0.1) is 24.0 Å². The Hall–Kier alpha value is -3.64. The van der Waals surface area contributed by atoms with Gasteiger partial charge in [0.25, 0.3) is 5.91 Å². The number of amides is 1. The molecular formula is C23H16F3N3O4S2. The van der Waals surface area contributed by atoms with Gasteiger partial charge in [-0.2, -0.15) is 13.2 Å². The first-order chi connectivity index (χ1) is 16.4. The van der Waals surface area contributed by atoms with E-state index in [9.17, 15) is 28.1 Å². The van der Waals surface area contributed by atoms with Gasteiger partial charge in [-0.05, 0) is 68.0 Å². The minimum Gasteiger partial charge on any atom is -0.450 e. The topological polar surface area (TPSA) is 86.4 Å². The summed E-state index contributed by atoms with van der Waals surface area (Å²) < 4.78 is 46.6. The number of ether oxygens (including phenoxy) is 1. The van der Waals surface area contributed by atoms with Crippen molar-refractivity contribution in [3.63, 3.8) is 0 Å². The quantitative estimate of drug-likeness (QED) is 0.184. The number of hydrogen-bond acceptors (Lipinski definition) is 6.